The second-order valence-corrected chi connectivity index (χ2v) is 18.0. The standard InChI is InChI=1S/C65H43N3/c1-4-21-45(22-5-1)66(50-36-39-56-55-30-14-17-33-63(55)68(64(56)43-50)47-25-8-3-9-26-47)49-35-38-54-52-28-12-15-31-58(52)65(61(54)42-49)59-32-16-13-29-53(59)57-41-48(37-40-60(57)65)67(46-23-6-2-7-24-46)62-34-18-20-44-19-10-11-27-51(44)62/h1-43H. The molecular weight excluding hydrogens is 823 g/mol. The molecule has 1 atom stereocenters. The SMILES string of the molecule is c1ccc(N(c2ccc3c(c2)C2(c4ccccc4-c4cc(N(c5ccccc5)c5cccc6ccccc56)ccc42)c2ccccc2-3)c2ccc3c4ccccc4n(-c4ccccc4)c3c2)cc1. The Labute approximate surface area is 395 Å². The van der Waals surface area contributed by atoms with Crippen LogP contribution in [-0.4, -0.2) is 4.57 Å². The van der Waals surface area contributed by atoms with Crippen LogP contribution in [0.5, 0.6) is 0 Å². The van der Waals surface area contributed by atoms with Crippen LogP contribution >= 0.6 is 0 Å². The average molecular weight is 866 g/mol. The van der Waals surface area contributed by atoms with E-state index in [1.165, 1.54) is 77.1 Å². The maximum absolute atomic E-state index is 2.49. The maximum atomic E-state index is 2.49. The number of anilines is 6. The molecule has 1 unspecified atom stereocenters. The Morgan fingerprint density at radius 2 is 0.794 bits per heavy atom. The molecule has 3 heteroatoms. The quantitative estimate of drug-likeness (QED) is 0.158. The summed E-state index contributed by atoms with van der Waals surface area (Å²) in [5.41, 5.74) is 20.0. The van der Waals surface area contributed by atoms with Gasteiger partial charge in [0.25, 0.3) is 0 Å². The number of aromatic nitrogens is 1. The van der Waals surface area contributed by atoms with Crippen molar-refractivity contribution in [2.75, 3.05) is 9.80 Å². The van der Waals surface area contributed by atoms with Gasteiger partial charge < -0.3 is 14.4 Å². The molecule has 2 aliphatic rings. The van der Waals surface area contributed by atoms with Gasteiger partial charge in [-0.3, -0.25) is 0 Å². The Morgan fingerprint density at radius 3 is 1.56 bits per heavy atom. The van der Waals surface area contributed by atoms with E-state index in [1.807, 2.05) is 0 Å². The third-order valence-electron chi connectivity index (χ3n) is 14.5. The summed E-state index contributed by atoms with van der Waals surface area (Å²) in [6.07, 6.45) is 0. The van der Waals surface area contributed by atoms with Crippen molar-refractivity contribution in [2.45, 2.75) is 5.41 Å². The Bertz CT molecular complexity index is 3920. The number of hydrogen-bond acceptors (Lipinski definition) is 2. The van der Waals surface area contributed by atoms with Gasteiger partial charge in [-0.05, 0) is 135 Å². The lowest BCUT2D eigenvalue weighted by atomic mass is 9.70. The average Bonchev–Trinajstić information content (AvgIpc) is 4.01. The molecule has 2 aliphatic carbocycles. The van der Waals surface area contributed by atoms with Gasteiger partial charge in [-0.15, -0.1) is 0 Å². The highest BCUT2D eigenvalue weighted by Crippen LogP contribution is 2.64. The fourth-order valence-corrected chi connectivity index (χ4v) is 11.8. The van der Waals surface area contributed by atoms with Crippen molar-refractivity contribution in [3.05, 3.63) is 283 Å². The van der Waals surface area contributed by atoms with Crippen LogP contribution in [0.4, 0.5) is 34.1 Å². The lowest BCUT2D eigenvalue weighted by Gasteiger charge is -2.33. The van der Waals surface area contributed by atoms with Gasteiger partial charge in [0.2, 0.25) is 0 Å². The van der Waals surface area contributed by atoms with Crippen LogP contribution < -0.4 is 9.80 Å². The van der Waals surface area contributed by atoms with Gasteiger partial charge in [0.15, 0.2) is 0 Å². The first-order valence-corrected chi connectivity index (χ1v) is 23.5. The van der Waals surface area contributed by atoms with Crippen molar-refractivity contribution in [2.24, 2.45) is 0 Å². The fourth-order valence-electron chi connectivity index (χ4n) is 11.8. The number of fused-ring (bicyclic) bond motifs is 14. The second kappa shape index (κ2) is 15.1. The van der Waals surface area contributed by atoms with Crippen molar-refractivity contribution in [1.82, 2.24) is 4.57 Å². The number of hydrogen-bond donors (Lipinski definition) is 0. The van der Waals surface area contributed by atoms with Crippen LogP contribution in [0.15, 0.2) is 261 Å². The van der Waals surface area contributed by atoms with Crippen LogP contribution in [0, 0.1) is 0 Å². The van der Waals surface area contributed by atoms with E-state index in [4.69, 9.17) is 0 Å². The molecule has 1 spiro atoms. The van der Waals surface area contributed by atoms with E-state index in [2.05, 4.69) is 275 Å². The first-order chi connectivity index (χ1) is 33.8. The van der Waals surface area contributed by atoms with Crippen molar-refractivity contribution in [3.63, 3.8) is 0 Å². The molecule has 0 N–H and O–H groups in total. The fraction of sp³-hybridized carbons (Fsp3) is 0.0154. The van der Waals surface area contributed by atoms with Gasteiger partial charge in [0.1, 0.15) is 0 Å². The van der Waals surface area contributed by atoms with Gasteiger partial charge >= 0.3 is 0 Å². The van der Waals surface area contributed by atoms with Crippen LogP contribution in [-0.2, 0) is 5.41 Å². The van der Waals surface area contributed by atoms with E-state index in [0.717, 1.165) is 39.8 Å². The van der Waals surface area contributed by atoms with E-state index in [0.29, 0.717) is 0 Å². The molecule has 318 valence electrons. The zero-order valence-corrected chi connectivity index (χ0v) is 37.2. The molecule has 0 fully saturated rings. The van der Waals surface area contributed by atoms with Crippen LogP contribution in [0.3, 0.4) is 0 Å². The number of nitrogens with zero attached hydrogens (tertiary/aromatic N) is 3. The van der Waals surface area contributed by atoms with Crippen molar-refractivity contribution < 1.29 is 0 Å². The van der Waals surface area contributed by atoms with Gasteiger partial charge in [0.05, 0.1) is 22.1 Å². The minimum absolute atomic E-state index is 0.546. The van der Waals surface area contributed by atoms with E-state index in [-0.39, 0.29) is 0 Å². The predicted octanol–water partition coefficient (Wildman–Crippen LogP) is 17.2. The van der Waals surface area contributed by atoms with Gasteiger partial charge in [0, 0.05) is 50.3 Å². The monoisotopic (exact) mass is 865 g/mol. The minimum Gasteiger partial charge on any atom is -0.310 e. The summed E-state index contributed by atoms with van der Waals surface area (Å²) >= 11 is 0. The van der Waals surface area contributed by atoms with E-state index < -0.39 is 5.41 Å². The van der Waals surface area contributed by atoms with Crippen LogP contribution in [0.2, 0.25) is 0 Å². The summed E-state index contributed by atoms with van der Waals surface area (Å²) in [4.78, 5) is 4.87. The van der Waals surface area contributed by atoms with Crippen LogP contribution in [0.25, 0.3) is 60.5 Å². The third kappa shape index (κ3) is 5.54. The van der Waals surface area contributed by atoms with E-state index in [9.17, 15) is 0 Å². The van der Waals surface area contributed by atoms with Crippen molar-refractivity contribution >= 4 is 66.7 Å². The highest BCUT2D eigenvalue weighted by Gasteiger charge is 2.52. The Kier molecular flexibility index (Phi) is 8.50. The number of para-hydroxylation sites is 4. The molecule has 3 nitrogen and oxygen atoms in total. The number of rotatable bonds is 7. The van der Waals surface area contributed by atoms with Crippen molar-refractivity contribution in [1.29, 1.82) is 0 Å². The van der Waals surface area contributed by atoms with Crippen LogP contribution in [0.1, 0.15) is 22.3 Å². The highest BCUT2D eigenvalue weighted by atomic mass is 15.2. The summed E-state index contributed by atoms with van der Waals surface area (Å²) in [5.74, 6) is 0. The van der Waals surface area contributed by atoms with Gasteiger partial charge in [-0.1, -0.05) is 176 Å². The summed E-state index contributed by atoms with van der Waals surface area (Å²) in [5, 5.41) is 4.90. The topological polar surface area (TPSA) is 11.4 Å². The smallest absolute Gasteiger partial charge is 0.0726 e. The molecule has 0 amide bonds. The van der Waals surface area contributed by atoms with E-state index in [1.54, 1.807) is 0 Å². The zero-order valence-electron chi connectivity index (χ0n) is 37.2. The molecule has 0 bridgehead atoms. The zero-order chi connectivity index (χ0) is 44.8. The molecule has 1 heterocycles. The molecule has 1 aromatic heterocycles. The van der Waals surface area contributed by atoms with Gasteiger partial charge in [-0.25, -0.2) is 0 Å². The van der Waals surface area contributed by atoms with Crippen molar-refractivity contribution in [3.8, 4) is 27.9 Å². The largest absolute Gasteiger partial charge is 0.310 e. The first-order valence-electron chi connectivity index (χ1n) is 23.5. The number of benzene rings is 11. The Morgan fingerprint density at radius 1 is 0.279 bits per heavy atom. The normalized spacial score (nSPS) is 14.2. The maximum Gasteiger partial charge on any atom is 0.0726 e. The summed E-state index contributed by atoms with van der Waals surface area (Å²) in [6.45, 7) is 0. The molecule has 0 radical (unpaired) electrons. The Balaban J connectivity index is 0.994. The molecule has 0 saturated heterocycles. The van der Waals surface area contributed by atoms with Gasteiger partial charge in [-0.2, -0.15) is 0 Å². The minimum atomic E-state index is -0.546. The summed E-state index contributed by atoms with van der Waals surface area (Å²) in [6, 6.07) is 96.1. The lowest BCUT2D eigenvalue weighted by molar-refractivity contribution is 0.793. The molecule has 12 aromatic rings. The molecule has 14 rings (SSSR count). The first kappa shape index (κ1) is 38.4. The molecular formula is C65H43N3. The lowest BCUT2D eigenvalue weighted by Crippen LogP contribution is -2.26. The third-order valence-corrected chi connectivity index (χ3v) is 14.5. The Hall–Kier alpha value is -8.92. The summed E-state index contributed by atoms with van der Waals surface area (Å²) in [7, 11) is 0. The predicted molar refractivity (Wildman–Crippen MR) is 284 cm³/mol. The second-order valence-electron chi connectivity index (χ2n) is 18.0. The highest BCUT2D eigenvalue weighted by molar-refractivity contribution is 6.10. The molecule has 11 aromatic carbocycles. The summed E-state index contributed by atoms with van der Waals surface area (Å²) < 4.78 is 2.41. The molecule has 0 aliphatic heterocycles. The van der Waals surface area contributed by atoms with E-state index >= 15 is 0 Å². The molecule has 0 saturated carbocycles. The molecule has 68 heavy (non-hydrogen) atoms.